The average molecular weight is 184 g/mol. The summed E-state index contributed by atoms with van der Waals surface area (Å²) in [6.45, 7) is 2.24. The molecule has 0 spiro atoms. The van der Waals surface area contributed by atoms with Gasteiger partial charge in [-0.05, 0) is 26.2 Å². The lowest BCUT2D eigenvalue weighted by molar-refractivity contribution is -0.139. The van der Waals surface area contributed by atoms with Crippen molar-refractivity contribution in [2.75, 3.05) is 13.7 Å². The summed E-state index contributed by atoms with van der Waals surface area (Å²) >= 11 is 0. The predicted molar refractivity (Wildman–Crippen MR) is 49.1 cm³/mol. The largest absolute Gasteiger partial charge is 0.501 e. The SMILES string of the molecule is CCOC(=O)C1=C(OC)CCCC1. The molecule has 0 aromatic heterocycles. The summed E-state index contributed by atoms with van der Waals surface area (Å²) in [4.78, 5) is 11.4. The van der Waals surface area contributed by atoms with Gasteiger partial charge in [0.2, 0.25) is 0 Å². The first kappa shape index (κ1) is 10.1. The van der Waals surface area contributed by atoms with E-state index in [0.29, 0.717) is 6.61 Å². The first-order valence-electron chi connectivity index (χ1n) is 4.72. The normalized spacial score (nSPS) is 17.1. The zero-order valence-corrected chi connectivity index (χ0v) is 8.26. The van der Waals surface area contributed by atoms with Crippen molar-refractivity contribution < 1.29 is 14.3 Å². The molecule has 0 aromatic rings. The second-order valence-electron chi connectivity index (χ2n) is 3.03. The topological polar surface area (TPSA) is 35.5 Å². The zero-order valence-electron chi connectivity index (χ0n) is 8.26. The maximum atomic E-state index is 11.4. The van der Waals surface area contributed by atoms with Gasteiger partial charge in [-0.3, -0.25) is 0 Å². The van der Waals surface area contributed by atoms with E-state index in [1.165, 1.54) is 0 Å². The van der Waals surface area contributed by atoms with Crippen LogP contribution in [0, 0.1) is 0 Å². The number of carbonyl (C=O) groups is 1. The molecule has 74 valence electrons. The van der Waals surface area contributed by atoms with Gasteiger partial charge in [0.1, 0.15) is 5.76 Å². The average Bonchev–Trinajstić information content (AvgIpc) is 2.18. The quantitative estimate of drug-likeness (QED) is 0.629. The monoisotopic (exact) mass is 184 g/mol. The Kier molecular flexibility index (Phi) is 3.80. The summed E-state index contributed by atoms with van der Waals surface area (Å²) in [5.74, 6) is 0.601. The Morgan fingerprint density at radius 3 is 2.69 bits per heavy atom. The summed E-state index contributed by atoms with van der Waals surface area (Å²) in [5.41, 5.74) is 0.732. The van der Waals surface area contributed by atoms with Crippen LogP contribution in [-0.2, 0) is 14.3 Å². The highest BCUT2D eigenvalue weighted by Gasteiger charge is 2.20. The van der Waals surface area contributed by atoms with Crippen LogP contribution in [0.5, 0.6) is 0 Å². The number of rotatable bonds is 3. The summed E-state index contributed by atoms with van der Waals surface area (Å²) in [5, 5.41) is 0. The van der Waals surface area contributed by atoms with E-state index in [-0.39, 0.29) is 5.97 Å². The van der Waals surface area contributed by atoms with Crippen molar-refractivity contribution in [1.82, 2.24) is 0 Å². The highest BCUT2D eigenvalue weighted by Crippen LogP contribution is 2.25. The van der Waals surface area contributed by atoms with Crippen LogP contribution < -0.4 is 0 Å². The third-order valence-electron chi connectivity index (χ3n) is 2.19. The molecule has 0 N–H and O–H groups in total. The van der Waals surface area contributed by atoms with E-state index < -0.39 is 0 Å². The summed E-state index contributed by atoms with van der Waals surface area (Å²) in [7, 11) is 1.61. The molecule has 0 atom stereocenters. The lowest BCUT2D eigenvalue weighted by Crippen LogP contribution is -2.14. The van der Waals surface area contributed by atoms with E-state index in [2.05, 4.69) is 0 Å². The Bertz CT molecular complexity index is 218. The van der Waals surface area contributed by atoms with Crippen LogP contribution in [0.4, 0.5) is 0 Å². The van der Waals surface area contributed by atoms with Crippen LogP contribution in [-0.4, -0.2) is 19.7 Å². The molecule has 0 unspecified atom stereocenters. The fourth-order valence-electron chi connectivity index (χ4n) is 1.54. The van der Waals surface area contributed by atoms with Gasteiger partial charge < -0.3 is 9.47 Å². The molecule has 1 rings (SSSR count). The minimum Gasteiger partial charge on any atom is -0.501 e. The maximum Gasteiger partial charge on any atom is 0.337 e. The number of ether oxygens (including phenoxy) is 2. The molecule has 0 bridgehead atoms. The second-order valence-corrected chi connectivity index (χ2v) is 3.03. The predicted octanol–water partition coefficient (Wildman–Crippen LogP) is 2.02. The molecule has 3 nitrogen and oxygen atoms in total. The highest BCUT2D eigenvalue weighted by molar-refractivity contribution is 5.89. The zero-order chi connectivity index (χ0) is 9.68. The van der Waals surface area contributed by atoms with Crippen molar-refractivity contribution in [3.63, 3.8) is 0 Å². The Morgan fingerprint density at radius 1 is 1.38 bits per heavy atom. The molecule has 0 saturated heterocycles. The van der Waals surface area contributed by atoms with Gasteiger partial charge in [-0.25, -0.2) is 4.79 Å². The second kappa shape index (κ2) is 4.90. The van der Waals surface area contributed by atoms with Gasteiger partial charge in [0, 0.05) is 6.42 Å². The molecule has 0 aromatic carbocycles. The van der Waals surface area contributed by atoms with Crippen LogP contribution in [0.1, 0.15) is 32.6 Å². The Labute approximate surface area is 78.7 Å². The molecule has 3 heteroatoms. The minimum atomic E-state index is -0.209. The van der Waals surface area contributed by atoms with Gasteiger partial charge in [-0.15, -0.1) is 0 Å². The lowest BCUT2D eigenvalue weighted by Gasteiger charge is -2.17. The van der Waals surface area contributed by atoms with Crippen LogP contribution in [0.3, 0.4) is 0 Å². The van der Waals surface area contributed by atoms with Crippen LogP contribution in [0.15, 0.2) is 11.3 Å². The molecule has 1 aliphatic rings. The van der Waals surface area contributed by atoms with Crippen LogP contribution >= 0.6 is 0 Å². The van der Waals surface area contributed by atoms with Crippen molar-refractivity contribution in [2.45, 2.75) is 32.6 Å². The van der Waals surface area contributed by atoms with Crippen molar-refractivity contribution in [3.8, 4) is 0 Å². The maximum absolute atomic E-state index is 11.4. The third kappa shape index (κ3) is 2.47. The number of hydrogen-bond acceptors (Lipinski definition) is 3. The van der Waals surface area contributed by atoms with Gasteiger partial charge in [0.05, 0.1) is 19.3 Å². The molecule has 0 fully saturated rings. The van der Waals surface area contributed by atoms with Crippen molar-refractivity contribution in [1.29, 1.82) is 0 Å². The van der Waals surface area contributed by atoms with E-state index >= 15 is 0 Å². The standard InChI is InChI=1S/C10H16O3/c1-3-13-10(11)8-6-4-5-7-9(8)12-2/h3-7H2,1-2H3. The van der Waals surface area contributed by atoms with Crippen molar-refractivity contribution >= 4 is 5.97 Å². The molecule has 13 heavy (non-hydrogen) atoms. The van der Waals surface area contributed by atoms with E-state index in [1.807, 2.05) is 6.92 Å². The number of hydrogen-bond donors (Lipinski definition) is 0. The van der Waals surface area contributed by atoms with Gasteiger partial charge >= 0.3 is 5.97 Å². The van der Waals surface area contributed by atoms with E-state index in [9.17, 15) is 4.79 Å². The Balaban J connectivity index is 2.72. The third-order valence-corrected chi connectivity index (χ3v) is 2.19. The van der Waals surface area contributed by atoms with Gasteiger partial charge in [0.15, 0.2) is 0 Å². The summed E-state index contributed by atoms with van der Waals surface area (Å²) < 4.78 is 10.1. The smallest absolute Gasteiger partial charge is 0.337 e. The summed E-state index contributed by atoms with van der Waals surface area (Å²) in [6.07, 6.45) is 3.82. The molecular weight excluding hydrogens is 168 g/mol. The highest BCUT2D eigenvalue weighted by atomic mass is 16.5. The van der Waals surface area contributed by atoms with Gasteiger partial charge in [-0.2, -0.15) is 0 Å². The Morgan fingerprint density at radius 2 is 2.08 bits per heavy atom. The van der Waals surface area contributed by atoms with E-state index in [1.54, 1.807) is 7.11 Å². The first-order chi connectivity index (χ1) is 6.29. The van der Waals surface area contributed by atoms with Crippen molar-refractivity contribution in [2.24, 2.45) is 0 Å². The number of esters is 1. The molecule has 0 heterocycles. The van der Waals surface area contributed by atoms with Crippen LogP contribution in [0.25, 0.3) is 0 Å². The molecule has 0 amide bonds. The molecule has 0 saturated carbocycles. The number of carbonyl (C=O) groups excluding carboxylic acids is 1. The number of allylic oxidation sites excluding steroid dienone is 1. The van der Waals surface area contributed by atoms with Crippen LogP contribution in [0.2, 0.25) is 0 Å². The van der Waals surface area contributed by atoms with Gasteiger partial charge in [0.25, 0.3) is 0 Å². The molecular formula is C10H16O3. The van der Waals surface area contributed by atoms with E-state index in [0.717, 1.165) is 37.0 Å². The Hall–Kier alpha value is -0.990. The van der Waals surface area contributed by atoms with Gasteiger partial charge in [-0.1, -0.05) is 0 Å². The minimum absolute atomic E-state index is 0.209. The molecule has 0 aliphatic heterocycles. The number of methoxy groups -OCH3 is 1. The fourth-order valence-corrected chi connectivity index (χ4v) is 1.54. The van der Waals surface area contributed by atoms with E-state index in [4.69, 9.17) is 9.47 Å². The lowest BCUT2D eigenvalue weighted by atomic mass is 9.98. The molecule has 1 aliphatic carbocycles. The molecule has 0 radical (unpaired) electrons. The first-order valence-corrected chi connectivity index (χ1v) is 4.72. The fraction of sp³-hybridized carbons (Fsp3) is 0.700. The van der Waals surface area contributed by atoms with Crippen molar-refractivity contribution in [3.05, 3.63) is 11.3 Å². The summed E-state index contributed by atoms with van der Waals surface area (Å²) in [6, 6.07) is 0.